The van der Waals surface area contributed by atoms with Gasteiger partial charge in [-0.15, -0.1) is 0 Å². The number of carbonyl (C=O) groups is 1. The number of hydrogen-bond acceptors (Lipinski definition) is 5. The number of aromatic nitrogens is 2. The van der Waals surface area contributed by atoms with Gasteiger partial charge in [-0.2, -0.15) is 5.10 Å². The molecule has 0 spiro atoms. The van der Waals surface area contributed by atoms with E-state index < -0.39 is 0 Å². The summed E-state index contributed by atoms with van der Waals surface area (Å²) in [6.07, 6.45) is 1.65. The number of rotatable bonds is 9. The molecule has 0 atom stereocenters. The van der Waals surface area contributed by atoms with Crippen molar-refractivity contribution in [3.05, 3.63) is 132 Å². The van der Waals surface area contributed by atoms with Crippen LogP contribution in [-0.4, -0.2) is 58.2 Å². The average Bonchev–Trinajstić information content (AvgIpc) is 3.69. The lowest BCUT2D eigenvalue weighted by molar-refractivity contribution is -0.122. The number of piperazine rings is 1. The van der Waals surface area contributed by atoms with Crippen LogP contribution in [0.4, 0.5) is 0 Å². The Morgan fingerprint density at radius 1 is 0.800 bits per heavy atom. The maximum atomic E-state index is 12.9. The largest absolute Gasteiger partial charge is 0.463 e. The van der Waals surface area contributed by atoms with Crippen LogP contribution in [0, 0.1) is 0 Å². The van der Waals surface area contributed by atoms with Crippen molar-refractivity contribution in [2.24, 2.45) is 0 Å². The molecule has 0 bridgehead atoms. The van der Waals surface area contributed by atoms with Gasteiger partial charge in [0.2, 0.25) is 5.91 Å². The van der Waals surface area contributed by atoms with Gasteiger partial charge in [-0.3, -0.25) is 14.6 Å². The Hall–Kier alpha value is -4.46. The lowest BCUT2D eigenvalue weighted by atomic mass is 9.96. The second kappa shape index (κ2) is 12.2. The number of hydrogen-bond donors (Lipinski definition) is 1. The van der Waals surface area contributed by atoms with Crippen LogP contribution in [0.1, 0.15) is 22.9 Å². The lowest BCUT2D eigenvalue weighted by Crippen LogP contribution is -2.50. The van der Waals surface area contributed by atoms with E-state index in [1.54, 1.807) is 6.26 Å². The van der Waals surface area contributed by atoms with Crippen LogP contribution >= 0.6 is 0 Å². The third kappa shape index (κ3) is 5.91. The number of para-hydroxylation sites is 1. The Balaban J connectivity index is 1.07. The van der Waals surface area contributed by atoms with Crippen molar-refractivity contribution in [3.8, 4) is 17.1 Å². The quantitative estimate of drug-likeness (QED) is 0.285. The van der Waals surface area contributed by atoms with Crippen molar-refractivity contribution in [1.82, 2.24) is 24.9 Å². The predicted molar refractivity (Wildman–Crippen MR) is 156 cm³/mol. The van der Waals surface area contributed by atoms with E-state index in [-0.39, 0.29) is 11.9 Å². The minimum atomic E-state index is 0.00456. The van der Waals surface area contributed by atoms with Crippen molar-refractivity contribution in [3.63, 3.8) is 0 Å². The lowest BCUT2D eigenvalue weighted by Gasteiger charge is -2.39. The summed E-state index contributed by atoms with van der Waals surface area (Å²) in [6.45, 7) is 4.21. The van der Waals surface area contributed by atoms with Gasteiger partial charge in [0, 0.05) is 26.2 Å². The number of carbonyl (C=O) groups excluding carboxylic acids is 1. The molecule has 40 heavy (non-hydrogen) atoms. The number of nitrogens with one attached hydrogen (secondary N) is 1. The fourth-order valence-electron chi connectivity index (χ4n) is 5.39. The van der Waals surface area contributed by atoms with Crippen molar-refractivity contribution >= 4 is 5.91 Å². The molecule has 7 heteroatoms. The van der Waals surface area contributed by atoms with Crippen molar-refractivity contribution in [2.75, 3.05) is 32.7 Å². The molecule has 202 valence electrons. The van der Waals surface area contributed by atoms with Crippen molar-refractivity contribution in [2.45, 2.75) is 12.6 Å². The summed E-state index contributed by atoms with van der Waals surface area (Å²) in [6, 6.07) is 37.2. The van der Waals surface area contributed by atoms with Gasteiger partial charge in [-0.25, -0.2) is 4.68 Å². The summed E-state index contributed by atoms with van der Waals surface area (Å²) >= 11 is 0. The average molecular weight is 532 g/mol. The minimum absolute atomic E-state index is 0.00456. The Kier molecular flexibility index (Phi) is 7.84. The summed E-state index contributed by atoms with van der Waals surface area (Å²) < 4.78 is 7.50. The fraction of sp³-hybridized carbons (Fsp3) is 0.212. The maximum absolute atomic E-state index is 12.9. The van der Waals surface area contributed by atoms with Crippen LogP contribution < -0.4 is 5.32 Å². The van der Waals surface area contributed by atoms with Crippen LogP contribution in [-0.2, 0) is 11.3 Å². The fourth-order valence-corrected chi connectivity index (χ4v) is 5.39. The number of furan rings is 1. The van der Waals surface area contributed by atoms with Crippen LogP contribution in [0.2, 0.25) is 0 Å². The van der Waals surface area contributed by atoms with Gasteiger partial charge in [0.05, 0.1) is 36.8 Å². The van der Waals surface area contributed by atoms with Gasteiger partial charge in [0.25, 0.3) is 0 Å². The highest BCUT2D eigenvalue weighted by Crippen LogP contribution is 2.29. The third-order valence-corrected chi connectivity index (χ3v) is 7.37. The predicted octanol–water partition coefficient (Wildman–Crippen LogP) is 5.16. The van der Waals surface area contributed by atoms with E-state index in [2.05, 4.69) is 75.8 Å². The molecule has 0 radical (unpaired) electrons. The first-order chi connectivity index (χ1) is 19.7. The van der Waals surface area contributed by atoms with E-state index in [1.165, 1.54) is 11.1 Å². The smallest absolute Gasteiger partial charge is 0.234 e. The summed E-state index contributed by atoms with van der Waals surface area (Å²) in [7, 11) is 0. The van der Waals surface area contributed by atoms with Gasteiger partial charge in [-0.1, -0.05) is 78.9 Å². The van der Waals surface area contributed by atoms with Gasteiger partial charge in [-0.05, 0) is 41.5 Å². The molecule has 1 amide bonds. The molecule has 5 aromatic rings. The molecule has 1 fully saturated rings. The molecule has 2 aromatic heterocycles. The number of amides is 1. The molecule has 1 saturated heterocycles. The Morgan fingerprint density at radius 3 is 2.02 bits per heavy atom. The first-order valence-corrected chi connectivity index (χ1v) is 13.8. The standard InChI is InChI=1S/C33H33N5O2/c39-32(34-24-28-23-30(31-17-10-22-40-31)38(35-28)29-15-8-3-9-16-29)25-36-18-20-37(21-19-36)33(26-11-4-1-5-12-26)27-13-6-2-7-14-27/h1-17,22-23,33H,18-21,24-25H2,(H,34,39). The van der Waals surface area contributed by atoms with Gasteiger partial charge in [0.1, 0.15) is 5.69 Å². The first-order valence-electron chi connectivity index (χ1n) is 13.8. The number of benzene rings is 3. The molecule has 7 nitrogen and oxygen atoms in total. The molecule has 3 aromatic carbocycles. The van der Waals surface area contributed by atoms with Crippen LogP contribution in [0.3, 0.4) is 0 Å². The van der Waals surface area contributed by atoms with E-state index in [9.17, 15) is 4.79 Å². The zero-order valence-electron chi connectivity index (χ0n) is 22.4. The Morgan fingerprint density at radius 2 is 1.43 bits per heavy atom. The highest BCUT2D eigenvalue weighted by molar-refractivity contribution is 5.78. The molecule has 1 aliphatic heterocycles. The molecule has 0 unspecified atom stereocenters. The minimum Gasteiger partial charge on any atom is -0.463 e. The monoisotopic (exact) mass is 531 g/mol. The van der Waals surface area contributed by atoms with E-state index in [4.69, 9.17) is 9.52 Å². The molecule has 1 N–H and O–H groups in total. The molecule has 1 aliphatic rings. The van der Waals surface area contributed by atoms with Crippen LogP contribution in [0.5, 0.6) is 0 Å². The summed E-state index contributed by atoms with van der Waals surface area (Å²) in [5.74, 6) is 0.737. The molecule has 0 aliphatic carbocycles. The second-order valence-electron chi connectivity index (χ2n) is 10.1. The molecule has 0 saturated carbocycles. The first kappa shape index (κ1) is 25.8. The Bertz CT molecular complexity index is 1450. The Labute approximate surface area is 234 Å². The summed E-state index contributed by atoms with van der Waals surface area (Å²) in [5, 5.41) is 7.83. The van der Waals surface area contributed by atoms with E-state index >= 15 is 0 Å². The van der Waals surface area contributed by atoms with Gasteiger partial charge in [0.15, 0.2) is 5.76 Å². The highest BCUT2D eigenvalue weighted by Gasteiger charge is 2.27. The second-order valence-corrected chi connectivity index (χ2v) is 10.1. The maximum Gasteiger partial charge on any atom is 0.234 e. The molecular weight excluding hydrogens is 498 g/mol. The molecule has 3 heterocycles. The number of nitrogens with zero attached hydrogens (tertiary/aromatic N) is 4. The van der Waals surface area contributed by atoms with Crippen LogP contribution in [0.15, 0.2) is 120 Å². The van der Waals surface area contributed by atoms with Crippen molar-refractivity contribution < 1.29 is 9.21 Å². The zero-order chi connectivity index (χ0) is 27.1. The topological polar surface area (TPSA) is 66.5 Å². The van der Waals surface area contributed by atoms with E-state index in [1.807, 2.05) is 53.2 Å². The van der Waals surface area contributed by atoms with Gasteiger partial charge >= 0.3 is 0 Å². The van der Waals surface area contributed by atoms with E-state index in [0.29, 0.717) is 13.1 Å². The van der Waals surface area contributed by atoms with E-state index in [0.717, 1.165) is 49.0 Å². The zero-order valence-corrected chi connectivity index (χ0v) is 22.4. The SMILES string of the molecule is O=C(CN1CCN(C(c2ccccc2)c2ccccc2)CC1)NCc1cc(-c2ccco2)n(-c2ccccc2)n1. The summed E-state index contributed by atoms with van der Waals surface area (Å²) in [5.41, 5.74) is 5.16. The normalized spacial score (nSPS) is 14.4. The highest BCUT2D eigenvalue weighted by atomic mass is 16.3. The molecular formula is C33H33N5O2. The molecule has 6 rings (SSSR count). The summed E-state index contributed by atoms with van der Waals surface area (Å²) in [4.78, 5) is 17.7. The van der Waals surface area contributed by atoms with Crippen molar-refractivity contribution in [1.29, 1.82) is 0 Å². The van der Waals surface area contributed by atoms with Gasteiger partial charge < -0.3 is 9.73 Å². The van der Waals surface area contributed by atoms with Crippen LogP contribution in [0.25, 0.3) is 17.1 Å². The third-order valence-electron chi connectivity index (χ3n) is 7.37.